The summed E-state index contributed by atoms with van der Waals surface area (Å²) < 4.78 is 0. The minimum absolute atomic E-state index is 0.521. The molecule has 0 saturated heterocycles. The molecule has 0 saturated carbocycles. The Labute approximate surface area is 113 Å². The van der Waals surface area contributed by atoms with Gasteiger partial charge in [-0.2, -0.15) is 0 Å². The van der Waals surface area contributed by atoms with E-state index < -0.39 is 8.80 Å². The van der Waals surface area contributed by atoms with E-state index in [0.717, 1.165) is 0 Å². The minimum Gasteiger partial charge on any atom is -0.103 e. The Morgan fingerprint density at radius 1 is 1.06 bits per heavy atom. The molecule has 0 spiro atoms. The van der Waals surface area contributed by atoms with Gasteiger partial charge in [-0.3, -0.25) is 0 Å². The molecule has 0 aromatic rings. The van der Waals surface area contributed by atoms with Crippen LogP contribution in [0.2, 0.25) is 17.1 Å². The van der Waals surface area contributed by atoms with Crippen molar-refractivity contribution in [3.8, 4) is 0 Å². The molecule has 0 aliphatic heterocycles. The second kappa shape index (κ2) is 5.27. The Balaban J connectivity index is 2.35. The van der Waals surface area contributed by atoms with Crippen molar-refractivity contribution in [2.24, 2.45) is 0 Å². The lowest BCUT2D eigenvalue weighted by atomic mass is 10.1. The van der Waals surface area contributed by atoms with Crippen LogP contribution in [0.3, 0.4) is 0 Å². The highest BCUT2D eigenvalue weighted by Gasteiger charge is 2.35. The highest BCUT2D eigenvalue weighted by molar-refractivity contribution is 6.65. The predicted molar refractivity (Wildman–Crippen MR) is 83.3 cm³/mol. The molecule has 1 radical (unpaired) electrons. The summed E-state index contributed by atoms with van der Waals surface area (Å²) in [5.74, 6) is 0. The predicted octanol–water partition coefficient (Wildman–Crippen LogP) is 5.22. The van der Waals surface area contributed by atoms with Crippen LogP contribution in [-0.2, 0) is 0 Å². The van der Waals surface area contributed by atoms with Crippen LogP contribution < -0.4 is 0 Å². The van der Waals surface area contributed by atoms with Gasteiger partial charge in [0.25, 0.3) is 0 Å². The van der Waals surface area contributed by atoms with E-state index in [1.54, 1.807) is 11.1 Å². The van der Waals surface area contributed by atoms with E-state index in [9.17, 15) is 0 Å². The highest BCUT2D eigenvalue weighted by Crippen LogP contribution is 2.47. The smallest absolute Gasteiger partial charge is 0.0771 e. The zero-order chi connectivity index (χ0) is 13.3. The molecule has 2 aliphatic rings. The summed E-state index contributed by atoms with van der Waals surface area (Å²) in [6, 6.07) is 1.18. The molecule has 18 heavy (non-hydrogen) atoms. The molecule has 0 heterocycles. The first-order chi connectivity index (χ1) is 8.57. The van der Waals surface area contributed by atoms with Crippen molar-refractivity contribution in [2.75, 3.05) is 0 Å². The Morgan fingerprint density at radius 3 is 2.00 bits per heavy atom. The molecule has 0 unspecified atom stereocenters. The third-order valence-corrected chi connectivity index (χ3v) is 8.15. The van der Waals surface area contributed by atoms with E-state index >= 15 is 0 Å². The minimum atomic E-state index is -0.521. The van der Waals surface area contributed by atoms with Gasteiger partial charge in [0.2, 0.25) is 0 Å². The molecule has 0 N–H and O–H groups in total. The Hall–Kier alpha value is -1.08. The van der Waals surface area contributed by atoms with E-state index in [2.05, 4.69) is 64.7 Å². The summed E-state index contributed by atoms with van der Waals surface area (Å²) in [5.41, 5.74) is 7.63. The van der Waals surface area contributed by atoms with Gasteiger partial charge in [0.05, 0.1) is 8.80 Å². The summed E-state index contributed by atoms with van der Waals surface area (Å²) in [7, 11) is -0.521. The van der Waals surface area contributed by atoms with Crippen molar-refractivity contribution in [1.29, 1.82) is 0 Å². The molecule has 0 aromatic heterocycles. The third kappa shape index (κ3) is 2.12. The molecule has 0 fully saturated rings. The van der Waals surface area contributed by atoms with E-state index in [-0.39, 0.29) is 0 Å². The third-order valence-electron chi connectivity index (χ3n) is 4.54. The van der Waals surface area contributed by atoms with Crippen LogP contribution in [0.25, 0.3) is 0 Å². The number of hydrogen-bond acceptors (Lipinski definition) is 0. The van der Waals surface area contributed by atoms with Crippen LogP contribution in [-0.4, -0.2) is 8.80 Å². The van der Waals surface area contributed by atoms with Gasteiger partial charge in [-0.1, -0.05) is 41.5 Å². The van der Waals surface area contributed by atoms with E-state index in [0.29, 0.717) is 11.1 Å². The van der Waals surface area contributed by atoms with Crippen LogP contribution in [0.15, 0.2) is 59.3 Å². The molecule has 1 heteroatoms. The van der Waals surface area contributed by atoms with Crippen LogP contribution >= 0.6 is 0 Å². The molecule has 2 aliphatic carbocycles. The van der Waals surface area contributed by atoms with Crippen molar-refractivity contribution < 1.29 is 0 Å². The van der Waals surface area contributed by atoms with E-state index in [1.807, 2.05) is 0 Å². The Kier molecular flexibility index (Phi) is 3.91. The van der Waals surface area contributed by atoms with Gasteiger partial charge in [-0.05, 0) is 56.0 Å². The zero-order valence-electron chi connectivity index (χ0n) is 12.0. The molecule has 0 atom stereocenters. The fourth-order valence-electron chi connectivity index (χ4n) is 3.20. The highest BCUT2D eigenvalue weighted by atomic mass is 28.3. The molecular formula is C17H23Si. The molecule has 0 nitrogen and oxygen atoms in total. The summed E-state index contributed by atoms with van der Waals surface area (Å²) in [6.07, 6.45) is 11.3. The number of hydrogen-bond donors (Lipinski definition) is 0. The molecule has 0 amide bonds. The quantitative estimate of drug-likeness (QED) is 0.477. The largest absolute Gasteiger partial charge is 0.103 e. The van der Waals surface area contributed by atoms with Crippen molar-refractivity contribution in [1.82, 2.24) is 0 Å². The van der Waals surface area contributed by atoms with Crippen LogP contribution in [0.4, 0.5) is 0 Å². The number of allylic oxidation sites excluding steroid dienone is 9. The molecule has 0 aromatic carbocycles. The normalized spacial score (nSPS) is 20.9. The second-order valence-electron chi connectivity index (χ2n) is 5.41. The second-order valence-corrected chi connectivity index (χ2v) is 8.21. The molecule has 2 rings (SSSR count). The van der Waals surface area contributed by atoms with Crippen LogP contribution in [0.5, 0.6) is 0 Å². The average molecular weight is 255 g/mol. The fraction of sp³-hybridized carbons (Fsp3) is 0.412. The molecule has 0 bridgehead atoms. The number of rotatable bonds is 4. The maximum Gasteiger partial charge on any atom is 0.0771 e. The summed E-state index contributed by atoms with van der Waals surface area (Å²) in [4.78, 5) is 0. The maximum atomic E-state index is 3.98. The van der Waals surface area contributed by atoms with Gasteiger partial charge in [-0.15, -0.1) is 6.58 Å². The van der Waals surface area contributed by atoms with Crippen molar-refractivity contribution in [3.05, 3.63) is 59.3 Å². The lowest BCUT2D eigenvalue weighted by Crippen LogP contribution is -2.25. The summed E-state index contributed by atoms with van der Waals surface area (Å²) >= 11 is 0. The first-order valence-corrected chi connectivity index (χ1v) is 8.60. The van der Waals surface area contributed by atoms with Crippen LogP contribution in [0, 0.1) is 0 Å². The fourth-order valence-corrected chi connectivity index (χ4v) is 6.69. The average Bonchev–Trinajstić information content (AvgIpc) is 2.94. The van der Waals surface area contributed by atoms with Gasteiger partial charge < -0.3 is 0 Å². The standard InChI is InChI=1S/C17H23Si/c1-6-11-18(16-9-7-8-10-16)17-14(4)12(2)13(3)15(17)5/h6-10,16-17H,1,11H2,2-5H3. The van der Waals surface area contributed by atoms with Crippen molar-refractivity contribution >= 4 is 8.80 Å². The maximum absolute atomic E-state index is 3.98. The zero-order valence-corrected chi connectivity index (χ0v) is 13.0. The lowest BCUT2D eigenvalue weighted by molar-refractivity contribution is 1.05. The van der Waals surface area contributed by atoms with Gasteiger partial charge in [-0.25, -0.2) is 0 Å². The molecule has 95 valence electrons. The molecular weight excluding hydrogens is 232 g/mol. The van der Waals surface area contributed by atoms with E-state index in [1.165, 1.54) is 17.2 Å². The topological polar surface area (TPSA) is 0 Å². The van der Waals surface area contributed by atoms with Crippen LogP contribution in [0.1, 0.15) is 27.7 Å². The lowest BCUT2D eigenvalue weighted by Gasteiger charge is -2.27. The summed E-state index contributed by atoms with van der Waals surface area (Å²) in [5, 5.41) is 0. The first kappa shape index (κ1) is 13.4. The van der Waals surface area contributed by atoms with Gasteiger partial charge >= 0.3 is 0 Å². The van der Waals surface area contributed by atoms with E-state index in [4.69, 9.17) is 0 Å². The van der Waals surface area contributed by atoms with Gasteiger partial charge in [0, 0.05) is 0 Å². The van der Waals surface area contributed by atoms with Gasteiger partial charge in [0.1, 0.15) is 0 Å². The Bertz CT molecular complexity index is 438. The van der Waals surface area contributed by atoms with Crippen molar-refractivity contribution in [2.45, 2.75) is 44.8 Å². The Morgan fingerprint density at radius 2 is 1.56 bits per heavy atom. The monoisotopic (exact) mass is 255 g/mol. The first-order valence-electron chi connectivity index (χ1n) is 6.74. The van der Waals surface area contributed by atoms with Gasteiger partial charge in [0.15, 0.2) is 0 Å². The van der Waals surface area contributed by atoms with Crippen molar-refractivity contribution in [3.63, 3.8) is 0 Å². The SMILES string of the molecule is C=CC[Si](C1C=CC=C1)C1C(C)=C(C)C(C)=C1C. The summed E-state index contributed by atoms with van der Waals surface area (Å²) in [6.45, 7) is 13.2.